The van der Waals surface area contributed by atoms with Crippen LogP contribution < -0.4 is 11.5 Å². The van der Waals surface area contributed by atoms with Crippen molar-refractivity contribution < 1.29 is 13.2 Å². The lowest BCUT2D eigenvalue weighted by Crippen LogP contribution is -2.22. The molecular formula is C18H25FN2O2. The normalized spacial score (nSPS) is 27.7. The van der Waals surface area contributed by atoms with E-state index in [2.05, 4.69) is 6.92 Å². The first-order valence-electron chi connectivity index (χ1n) is 8.05. The molecule has 4 N–H and O–H groups in total. The maximum absolute atomic E-state index is 13.4. The predicted octanol–water partition coefficient (Wildman–Crippen LogP) is 4.04. The molecule has 5 heteroatoms. The number of aryl methyl sites for hydroxylation is 2. The molecule has 1 aliphatic rings. The number of furan rings is 2. The first-order chi connectivity index (χ1) is 10.8. The standard InChI is InChI=1S/C18H25FN2O2/c1-9-5-6-22-16(9)17(21)18(4)8-13(18)12-7-14(23-11(12)3)15(20)10(2)19/h5-7,10,13,15,17H,8,20-21H2,1-4H3/t10?,13?,15-,17+,18?/m1/s1. The van der Waals surface area contributed by atoms with Gasteiger partial charge in [-0.3, -0.25) is 0 Å². The molecule has 1 aliphatic carbocycles. The fraction of sp³-hybridized carbons (Fsp3) is 0.556. The smallest absolute Gasteiger partial charge is 0.124 e. The second-order valence-corrected chi connectivity index (χ2v) is 7.07. The highest BCUT2D eigenvalue weighted by molar-refractivity contribution is 5.37. The van der Waals surface area contributed by atoms with Gasteiger partial charge in [0.2, 0.25) is 0 Å². The Morgan fingerprint density at radius 1 is 1.35 bits per heavy atom. The number of hydrogen-bond acceptors (Lipinski definition) is 4. The topological polar surface area (TPSA) is 78.3 Å². The third kappa shape index (κ3) is 2.62. The number of hydrogen-bond donors (Lipinski definition) is 2. The highest BCUT2D eigenvalue weighted by atomic mass is 19.1. The summed E-state index contributed by atoms with van der Waals surface area (Å²) in [6.45, 7) is 7.51. The van der Waals surface area contributed by atoms with Crippen LogP contribution in [0.4, 0.5) is 4.39 Å². The third-order valence-corrected chi connectivity index (χ3v) is 5.35. The molecule has 0 amide bonds. The van der Waals surface area contributed by atoms with Crippen LogP contribution in [0.5, 0.6) is 0 Å². The molecule has 1 fully saturated rings. The number of halogens is 1. The zero-order valence-corrected chi connectivity index (χ0v) is 14.1. The second kappa shape index (κ2) is 5.49. The Kier molecular flexibility index (Phi) is 3.89. The summed E-state index contributed by atoms with van der Waals surface area (Å²) in [6.07, 6.45) is 1.48. The van der Waals surface area contributed by atoms with E-state index in [1.54, 1.807) is 6.26 Å². The lowest BCUT2D eigenvalue weighted by Gasteiger charge is -2.19. The Hall–Kier alpha value is -1.59. The van der Waals surface area contributed by atoms with Crippen LogP contribution in [0.25, 0.3) is 0 Å². The molecule has 3 unspecified atom stereocenters. The Bertz CT molecular complexity index is 706. The van der Waals surface area contributed by atoms with Crippen LogP contribution in [-0.2, 0) is 0 Å². The predicted molar refractivity (Wildman–Crippen MR) is 86.8 cm³/mol. The van der Waals surface area contributed by atoms with Crippen LogP contribution in [0.1, 0.15) is 66.7 Å². The average molecular weight is 320 g/mol. The van der Waals surface area contributed by atoms with Crippen molar-refractivity contribution in [2.45, 2.75) is 58.3 Å². The zero-order chi connectivity index (χ0) is 16.9. The van der Waals surface area contributed by atoms with Crippen molar-refractivity contribution in [1.82, 2.24) is 0 Å². The molecule has 23 heavy (non-hydrogen) atoms. The minimum absolute atomic E-state index is 0.0834. The quantitative estimate of drug-likeness (QED) is 0.871. The summed E-state index contributed by atoms with van der Waals surface area (Å²) in [5, 5.41) is 0. The van der Waals surface area contributed by atoms with E-state index < -0.39 is 12.2 Å². The maximum Gasteiger partial charge on any atom is 0.124 e. The second-order valence-electron chi connectivity index (χ2n) is 7.07. The van der Waals surface area contributed by atoms with Gasteiger partial charge < -0.3 is 20.3 Å². The van der Waals surface area contributed by atoms with Crippen molar-refractivity contribution in [3.63, 3.8) is 0 Å². The highest BCUT2D eigenvalue weighted by Crippen LogP contribution is 2.65. The van der Waals surface area contributed by atoms with Crippen molar-refractivity contribution in [2.24, 2.45) is 16.9 Å². The molecule has 0 aliphatic heterocycles. The van der Waals surface area contributed by atoms with Crippen molar-refractivity contribution in [3.05, 3.63) is 46.8 Å². The monoisotopic (exact) mass is 320 g/mol. The fourth-order valence-corrected chi connectivity index (χ4v) is 3.45. The Balaban J connectivity index is 1.84. The molecule has 5 atom stereocenters. The maximum atomic E-state index is 13.4. The highest BCUT2D eigenvalue weighted by Gasteiger charge is 2.57. The summed E-state index contributed by atoms with van der Waals surface area (Å²) >= 11 is 0. The van der Waals surface area contributed by atoms with Gasteiger partial charge in [-0.15, -0.1) is 0 Å². The lowest BCUT2D eigenvalue weighted by atomic mass is 9.90. The Morgan fingerprint density at radius 2 is 2.04 bits per heavy atom. The largest absolute Gasteiger partial charge is 0.467 e. The van der Waals surface area contributed by atoms with E-state index in [-0.39, 0.29) is 17.4 Å². The van der Waals surface area contributed by atoms with Gasteiger partial charge in [0.05, 0.1) is 18.3 Å². The van der Waals surface area contributed by atoms with Crippen LogP contribution in [-0.4, -0.2) is 6.17 Å². The molecule has 0 radical (unpaired) electrons. The SMILES string of the molecule is Cc1ccoc1[C@H](N)C1(C)CC1c1cc([C@H](N)C(C)F)oc1C. The van der Waals surface area contributed by atoms with Crippen molar-refractivity contribution in [2.75, 3.05) is 0 Å². The van der Waals surface area contributed by atoms with Gasteiger partial charge >= 0.3 is 0 Å². The zero-order valence-electron chi connectivity index (χ0n) is 14.1. The molecule has 2 heterocycles. The summed E-state index contributed by atoms with van der Waals surface area (Å²) in [6, 6.07) is 2.93. The van der Waals surface area contributed by atoms with Gasteiger partial charge in [-0.05, 0) is 61.8 Å². The molecule has 1 saturated carbocycles. The third-order valence-electron chi connectivity index (χ3n) is 5.35. The van der Waals surface area contributed by atoms with E-state index in [9.17, 15) is 4.39 Å². The number of rotatable bonds is 5. The summed E-state index contributed by atoms with van der Waals surface area (Å²) in [5.74, 6) is 2.42. The summed E-state index contributed by atoms with van der Waals surface area (Å²) in [5.41, 5.74) is 14.4. The van der Waals surface area contributed by atoms with Crippen LogP contribution >= 0.6 is 0 Å². The number of nitrogens with two attached hydrogens (primary N) is 2. The molecule has 3 rings (SSSR count). The summed E-state index contributed by atoms with van der Waals surface area (Å²) in [7, 11) is 0. The van der Waals surface area contributed by atoms with E-state index >= 15 is 0 Å². The van der Waals surface area contributed by atoms with Gasteiger partial charge in [0.1, 0.15) is 23.5 Å². The van der Waals surface area contributed by atoms with E-state index in [4.69, 9.17) is 20.3 Å². The van der Waals surface area contributed by atoms with Gasteiger partial charge in [-0.1, -0.05) is 6.92 Å². The van der Waals surface area contributed by atoms with Crippen molar-refractivity contribution in [3.8, 4) is 0 Å². The van der Waals surface area contributed by atoms with Gasteiger partial charge in [0.15, 0.2) is 0 Å². The van der Waals surface area contributed by atoms with Gasteiger partial charge in [0.25, 0.3) is 0 Å². The van der Waals surface area contributed by atoms with Crippen LogP contribution in [0.2, 0.25) is 0 Å². The van der Waals surface area contributed by atoms with E-state index in [0.29, 0.717) is 5.76 Å². The van der Waals surface area contributed by atoms with Crippen LogP contribution in [0.3, 0.4) is 0 Å². The van der Waals surface area contributed by atoms with Gasteiger partial charge in [-0.2, -0.15) is 0 Å². The van der Waals surface area contributed by atoms with Crippen LogP contribution in [0.15, 0.2) is 27.2 Å². The first-order valence-corrected chi connectivity index (χ1v) is 8.05. The molecule has 0 saturated heterocycles. The molecule has 2 aromatic heterocycles. The minimum Gasteiger partial charge on any atom is -0.467 e. The van der Waals surface area contributed by atoms with E-state index in [0.717, 1.165) is 29.1 Å². The summed E-state index contributed by atoms with van der Waals surface area (Å²) < 4.78 is 24.7. The molecular weight excluding hydrogens is 295 g/mol. The van der Waals surface area contributed by atoms with E-state index in [1.165, 1.54) is 6.92 Å². The molecule has 0 bridgehead atoms. The Labute approximate surface area is 136 Å². The lowest BCUT2D eigenvalue weighted by molar-refractivity contribution is 0.279. The van der Waals surface area contributed by atoms with Gasteiger partial charge in [-0.25, -0.2) is 4.39 Å². The van der Waals surface area contributed by atoms with Crippen LogP contribution in [0, 0.1) is 19.3 Å². The minimum atomic E-state index is -1.15. The molecule has 2 aromatic rings. The molecule has 0 aromatic carbocycles. The van der Waals surface area contributed by atoms with Gasteiger partial charge in [0, 0.05) is 0 Å². The van der Waals surface area contributed by atoms with Crippen molar-refractivity contribution >= 4 is 0 Å². The van der Waals surface area contributed by atoms with E-state index in [1.807, 2.05) is 26.0 Å². The molecule has 4 nitrogen and oxygen atoms in total. The molecule has 126 valence electrons. The fourth-order valence-electron chi connectivity index (χ4n) is 3.45. The first kappa shape index (κ1) is 16.3. The summed E-state index contributed by atoms with van der Waals surface area (Å²) in [4.78, 5) is 0. The van der Waals surface area contributed by atoms with Crippen molar-refractivity contribution in [1.29, 1.82) is 0 Å². The average Bonchev–Trinajstić information content (AvgIpc) is 2.83. The number of alkyl halides is 1. The molecule has 0 spiro atoms. The Morgan fingerprint density at radius 3 is 2.61 bits per heavy atom.